The Labute approximate surface area is 185 Å². The van der Waals surface area contributed by atoms with Crippen LogP contribution in [0.2, 0.25) is 0 Å². The smallest absolute Gasteiger partial charge is 0.508 e. The largest absolute Gasteiger partial charge is 0.525 e. The predicted molar refractivity (Wildman–Crippen MR) is 122 cm³/mol. The van der Waals surface area contributed by atoms with E-state index in [0.29, 0.717) is 15.7 Å². The van der Waals surface area contributed by atoms with E-state index in [1.54, 1.807) is 18.2 Å². The molecule has 3 aromatic rings. The number of nitrogens with zero attached hydrogens (tertiary/aromatic N) is 2. The van der Waals surface area contributed by atoms with Crippen LogP contribution in [0.25, 0.3) is 10.2 Å². The van der Waals surface area contributed by atoms with E-state index in [1.165, 1.54) is 23.1 Å². The molecule has 0 amide bonds. The molecule has 1 aliphatic heterocycles. The monoisotopic (exact) mass is 480 g/mol. The minimum absolute atomic E-state index is 0.0563. The van der Waals surface area contributed by atoms with Gasteiger partial charge in [-0.15, -0.1) is 11.3 Å². The third-order valence-corrected chi connectivity index (χ3v) is 7.89. The van der Waals surface area contributed by atoms with Crippen LogP contribution in [0, 0.1) is 0 Å². The predicted octanol–water partition coefficient (Wildman–Crippen LogP) is 5.34. The number of benzene rings is 2. The molecule has 156 valence electrons. The molecule has 30 heavy (non-hydrogen) atoms. The molecule has 0 saturated heterocycles. The Morgan fingerprint density at radius 2 is 1.90 bits per heavy atom. The van der Waals surface area contributed by atoms with Crippen molar-refractivity contribution in [3.05, 3.63) is 64.3 Å². The second-order valence-electron chi connectivity index (χ2n) is 6.83. The molecular weight excluding hydrogens is 463 g/mol. The maximum Gasteiger partial charge on any atom is 0.525 e. The summed E-state index contributed by atoms with van der Waals surface area (Å²) < 4.78 is 16.9. The molecule has 0 fully saturated rings. The van der Waals surface area contributed by atoms with Crippen LogP contribution in [-0.2, 0) is 9.09 Å². The second kappa shape index (κ2) is 8.03. The molecule has 0 radical (unpaired) electrons. The molecule has 0 unspecified atom stereocenters. The first-order chi connectivity index (χ1) is 14.1. The van der Waals surface area contributed by atoms with Gasteiger partial charge in [-0.05, 0) is 44.2 Å². The number of phenolic OH excluding ortho intramolecular Hbond substituents is 1. The Morgan fingerprint density at radius 1 is 1.17 bits per heavy atom. The Balaban J connectivity index is 1.79. The lowest BCUT2D eigenvalue weighted by molar-refractivity contribution is 0.252. The van der Waals surface area contributed by atoms with E-state index in [2.05, 4.69) is 9.98 Å². The molecule has 0 aliphatic carbocycles. The highest BCUT2D eigenvalue weighted by Gasteiger charge is 2.39. The maximum absolute atomic E-state index is 11.6. The number of aromatic hydroxyl groups is 1. The van der Waals surface area contributed by atoms with Gasteiger partial charge in [-0.3, -0.25) is 9.79 Å². The molecule has 0 saturated carbocycles. The molecule has 0 bridgehead atoms. The van der Waals surface area contributed by atoms with Gasteiger partial charge in [0.2, 0.25) is 0 Å². The number of thiazole rings is 1. The summed E-state index contributed by atoms with van der Waals surface area (Å²) in [5.41, 5.74) is 1.18. The number of hydrogen-bond acceptors (Lipinski definition) is 8. The zero-order chi connectivity index (χ0) is 21.5. The summed E-state index contributed by atoms with van der Waals surface area (Å²) in [7, 11) is -4.79. The average Bonchev–Trinajstić information content (AvgIpc) is 3.20. The third kappa shape index (κ3) is 4.74. The van der Waals surface area contributed by atoms with Gasteiger partial charge in [-0.1, -0.05) is 41.7 Å². The van der Waals surface area contributed by atoms with Crippen molar-refractivity contribution in [2.24, 2.45) is 4.99 Å². The van der Waals surface area contributed by atoms with Gasteiger partial charge in [0, 0.05) is 4.90 Å². The summed E-state index contributed by atoms with van der Waals surface area (Å²) in [5.74, 6) is 0.163. The van der Waals surface area contributed by atoms with Crippen LogP contribution < -0.4 is 0 Å². The van der Waals surface area contributed by atoms with E-state index >= 15 is 0 Å². The van der Waals surface area contributed by atoms with Gasteiger partial charge in [0.05, 0.1) is 15.0 Å². The van der Waals surface area contributed by atoms with Crippen LogP contribution in [0.5, 0.6) is 5.75 Å². The Hall–Kier alpha value is -1.81. The van der Waals surface area contributed by atoms with Gasteiger partial charge in [0.25, 0.3) is 0 Å². The first-order valence-corrected chi connectivity index (χ1v) is 12.7. The minimum atomic E-state index is -4.79. The number of aromatic nitrogens is 1. The zero-order valence-electron chi connectivity index (χ0n) is 15.8. The van der Waals surface area contributed by atoms with Gasteiger partial charge in [-0.2, -0.15) is 0 Å². The van der Waals surface area contributed by atoms with Crippen LogP contribution >= 0.6 is 42.7 Å². The van der Waals surface area contributed by atoms with Gasteiger partial charge in [-0.25, -0.2) is 14.5 Å². The molecular formula is C19H17N2O5PS3. The number of phosphoric acid groups is 1. The molecule has 3 N–H and O–H groups in total. The minimum Gasteiger partial charge on any atom is -0.508 e. The number of thioether (sulfide) groups is 2. The zero-order valence-corrected chi connectivity index (χ0v) is 19.2. The van der Waals surface area contributed by atoms with Crippen molar-refractivity contribution in [1.82, 2.24) is 4.98 Å². The van der Waals surface area contributed by atoms with Gasteiger partial charge in [0.15, 0.2) is 5.09 Å². The van der Waals surface area contributed by atoms with Gasteiger partial charge >= 0.3 is 7.82 Å². The van der Waals surface area contributed by atoms with Crippen LogP contribution in [-0.4, -0.2) is 29.7 Å². The number of fused-ring (bicyclic) bond motifs is 1. The van der Waals surface area contributed by atoms with E-state index in [9.17, 15) is 19.5 Å². The number of phosphoric ester groups is 1. The summed E-state index contributed by atoms with van der Waals surface area (Å²) in [6.45, 7) is 3.83. The van der Waals surface area contributed by atoms with Crippen LogP contribution in [0.3, 0.4) is 0 Å². The Morgan fingerprint density at radius 3 is 2.60 bits per heavy atom. The standard InChI is InChI=1S/C19H17N2O5PS3/c1-19(2)15(18(26-27(23,24)25)28-12-6-4-3-5-7-12)21-17(30-19)16-20-13-9-8-11(22)10-14(13)29-16/h3-10,22H,1-2H3,(H2,23,24,25)/b18-15-. The summed E-state index contributed by atoms with van der Waals surface area (Å²) >= 11 is 3.95. The summed E-state index contributed by atoms with van der Waals surface area (Å²) in [6.07, 6.45) is 0. The average molecular weight is 481 g/mol. The number of rotatable bonds is 5. The van der Waals surface area contributed by atoms with Crippen LogP contribution in [0.15, 0.2) is 69.2 Å². The normalized spacial score (nSPS) is 17.8. The molecule has 1 aromatic heterocycles. The summed E-state index contributed by atoms with van der Waals surface area (Å²) in [4.78, 5) is 28.9. The van der Waals surface area contributed by atoms with Crippen molar-refractivity contribution >= 4 is 57.9 Å². The second-order valence-corrected chi connectivity index (χ2v) is 11.7. The quantitative estimate of drug-likeness (QED) is 0.255. The highest BCUT2D eigenvalue weighted by Crippen LogP contribution is 2.52. The first kappa shape index (κ1) is 21.4. The number of phenols is 1. The summed E-state index contributed by atoms with van der Waals surface area (Å²) in [6, 6.07) is 14.1. The van der Waals surface area contributed by atoms with Crippen molar-refractivity contribution in [2.45, 2.75) is 23.5 Å². The maximum atomic E-state index is 11.6. The van der Waals surface area contributed by atoms with E-state index in [-0.39, 0.29) is 10.8 Å². The Bertz CT molecular complexity index is 1220. The lowest BCUT2D eigenvalue weighted by Crippen LogP contribution is -2.15. The molecule has 1 aliphatic rings. The molecule has 7 nitrogen and oxygen atoms in total. The van der Waals surface area contributed by atoms with Gasteiger partial charge < -0.3 is 9.63 Å². The fourth-order valence-electron chi connectivity index (χ4n) is 2.75. The molecule has 0 atom stereocenters. The highest BCUT2D eigenvalue weighted by molar-refractivity contribution is 8.16. The summed E-state index contributed by atoms with van der Waals surface area (Å²) in [5, 5.41) is 11.1. The highest BCUT2D eigenvalue weighted by atomic mass is 32.2. The van der Waals surface area contributed by atoms with E-state index in [4.69, 9.17) is 4.52 Å². The fraction of sp³-hybridized carbons (Fsp3) is 0.158. The van der Waals surface area contributed by atoms with Crippen molar-refractivity contribution < 1.29 is 24.0 Å². The van der Waals surface area contributed by atoms with Crippen LogP contribution in [0.1, 0.15) is 18.9 Å². The SMILES string of the molecule is CC1(C)SC(c2nc3ccc(O)cc3s2)=N/C1=C(/OP(=O)(O)O)Sc1ccccc1. The molecule has 0 spiro atoms. The van der Waals surface area contributed by atoms with Gasteiger partial charge in [0.1, 0.15) is 21.5 Å². The first-order valence-electron chi connectivity index (χ1n) is 8.71. The molecule has 2 aromatic carbocycles. The van der Waals surface area contributed by atoms with E-state index in [0.717, 1.165) is 26.9 Å². The van der Waals surface area contributed by atoms with Crippen LogP contribution in [0.4, 0.5) is 0 Å². The molecule has 11 heteroatoms. The third-order valence-electron chi connectivity index (χ3n) is 4.04. The topological polar surface area (TPSA) is 112 Å². The molecule has 2 heterocycles. The lowest BCUT2D eigenvalue weighted by Gasteiger charge is -2.20. The van der Waals surface area contributed by atoms with Crippen molar-refractivity contribution in [2.75, 3.05) is 0 Å². The Kier molecular flexibility index (Phi) is 5.73. The van der Waals surface area contributed by atoms with E-state index < -0.39 is 12.6 Å². The van der Waals surface area contributed by atoms with Crippen molar-refractivity contribution in [1.29, 1.82) is 0 Å². The van der Waals surface area contributed by atoms with Crippen molar-refractivity contribution in [3.8, 4) is 5.75 Å². The molecule has 4 rings (SSSR count). The van der Waals surface area contributed by atoms with Crippen molar-refractivity contribution in [3.63, 3.8) is 0 Å². The fourth-order valence-corrected chi connectivity index (χ4v) is 6.58. The van der Waals surface area contributed by atoms with E-state index in [1.807, 2.05) is 44.2 Å². The number of aliphatic imine (C=N–C) groups is 1. The lowest BCUT2D eigenvalue weighted by atomic mass is 10.1. The number of hydrogen-bond donors (Lipinski definition) is 3.